The van der Waals surface area contributed by atoms with Gasteiger partial charge in [-0.1, -0.05) is 54.6 Å². The average molecular weight is 250 g/mol. The third-order valence-corrected chi connectivity index (χ3v) is 3.62. The summed E-state index contributed by atoms with van der Waals surface area (Å²) in [5.74, 6) is -0.131. The summed E-state index contributed by atoms with van der Waals surface area (Å²) in [6.45, 7) is 0. The van der Waals surface area contributed by atoms with Crippen molar-refractivity contribution in [2.24, 2.45) is 0 Å². The Kier molecular flexibility index (Phi) is 3.00. The maximum atomic E-state index is 12.6. The van der Waals surface area contributed by atoms with E-state index < -0.39 is 0 Å². The van der Waals surface area contributed by atoms with Crippen LogP contribution in [0.1, 0.15) is 33.8 Å². The van der Waals surface area contributed by atoms with Gasteiger partial charge in [-0.15, -0.1) is 0 Å². The number of Topliss-reactive ketones (excluding diaryl/α,β-unsaturated/α-hetero) is 2. The zero-order valence-corrected chi connectivity index (χ0v) is 10.5. The zero-order valence-electron chi connectivity index (χ0n) is 10.5. The van der Waals surface area contributed by atoms with E-state index in [4.69, 9.17) is 0 Å². The van der Waals surface area contributed by atoms with Crippen LogP contribution in [0, 0.1) is 0 Å². The van der Waals surface area contributed by atoms with Crippen LogP contribution in [0.25, 0.3) is 0 Å². The van der Waals surface area contributed by atoms with Gasteiger partial charge in [0.25, 0.3) is 0 Å². The highest BCUT2D eigenvalue weighted by Gasteiger charge is 2.30. The van der Waals surface area contributed by atoms with Crippen LogP contribution < -0.4 is 0 Å². The van der Waals surface area contributed by atoms with E-state index in [-0.39, 0.29) is 17.5 Å². The van der Waals surface area contributed by atoms with Gasteiger partial charge in [0.1, 0.15) is 5.78 Å². The molecule has 3 rings (SSSR count). The Bertz CT molecular complexity index is 629. The predicted molar refractivity (Wildman–Crippen MR) is 73.3 cm³/mol. The van der Waals surface area contributed by atoms with E-state index in [0.29, 0.717) is 18.4 Å². The third kappa shape index (κ3) is 2.22. The number of hydrogen-bond donors (Lipinski definition) is 0. The van der Waals surface area contributed by atoms with Gasteiger partial charge >= 0.3 is 0 Å². The van der Waals surface area contributed by atoms with Crippen LogP contribution in [0.15, 0.2) is 54.6 Å². The minimum atomic E-state index is -0.320. The molecule has 0 amide bonds. The Hall–Kier alpha value is -2.22. The first-order valence-electron chi connectivity index (χ1n) is 6.44. The topological polar surface area (TPSA) is 34.1 Å². The molecule has 0 aromatic heterocycles. The fourth-order valence-electron chi connectivity index (χ4n) is 2.69. The first-order chi connectivity index (χ1) is 9.25. The lowest BCUT2D eigenvalue weighted by Crippen LogP contribution is -2.24. The molecule has 0 saturated heterocycles. The summed E-state index contributed by atoms with van der Waals surface area (Å²) in [5.41, 5.74) is 2.68. The molecule has 2 nitrogen and oxygen atoms in total. The van der Waals surface area contributed by atoms with Gasteiger partial charge in [0.05, 0.1) is 5.92 Å². The van der Waals surface area contributed by atoms with Gasteiger partial charge in [-0.25, -0.2) is 0 Å². The molecule has 0 heterocycles. The van der Waals surface area contributed by atoms with Crippen molar-refractivity contribution >= 4 is 11.6 Å². The van der Waals surface area contributed by atoms with Crippen molar-refractivity contribution in [2.45, 2.75) is 18.8 Å². The van der Waals surface area contributed by atoms with Crippen molar-refractivity contribution in [1.29, 1.82) is 0 Å². The largest absolute Gasteiger partial charge is 0.299 e. The molecule has 2 aromatic carbocycles. The molecular formula is C17H14O2. The monoisotopic (exact) mass is 250 g/mol. The van der Waals surface area contributed by atoms with E-state index in [1.165, 1.54) is 0 Å². The predicted octanol–water partition coefficient (Wildman–Crippen LogP) is 3.17. The van der Waals surface area contributed by atoms with E-state index in [2.05, 4.69) is 0 Å². The second-order valence-electron chi connectivity index (χ2n) is 4.90. The van der Waals surface area contributed by atoms with E-state index in [1.54, 1.807) is 0 Å². The van der Waals surface area contributed by atoms with E-state index in [9.17, 15) is 9.59 Å². The first kappa shape index (κ1) is 11.8. The molecule has 1 atom stereocenters. The van der Waals surface area contributed by atoms with Gasteiger partial charge in [0, 0.05) is 18.4 Å². The summed E-state index contributed by atoms with van der Waals surface area (Å²) in [6, 6.07) is 17.0. The molecule has 1 aliphatic carbocycles. The second kappa shape index (κ2) is 4.81. The molecule has 2 aromatic rings. The maximum absolute atomic E-state index is 12.6. The number of rotatable bonds is 2. The SMILES string of the molecule is O=C1Cc2ccccc2C(C(=O)c2ccccc2)C1. The van der Waals surface area contributed by atoms with Crippen molar-refractivity contribution in [1.82, 2.24) is 0 Å². The van der Waals surface area contributed by atoms with Crippen molar-refractivity contribution in [3.63, 3.8) is 0 Å². The minimum Gasteiger partial charge on any atom is -0.299 e. The molecular weight excluding hydrogens is 236 g/mol. The number of ketones is 2. The smallest absolute Gasteiger partial charge is 0.170 e. The molecule has 1 aliphatic rings. The van der Waals surface area contributed by atoms with Crippen LogP contribution in [0.4, 0.5) is 0 Å². The third-order valence-electron chi connectivity index (χ3n) is 3.62. The Morgan fingerprint density at radius 1 is 0.947 bits per heavy atom. The summed E-state index contributed by atoms with van der Waals surface area (Å²) in [7, 11) is 0. The van der Waals surface area contributed by atoms with Crippen LogP contribution in [-0.2, 0) is 11.2 Å². The highest BCUT2D eigenvalue weighted by Crippen LogP contribution is 2.32. The Labute approximate surface area is 112 Å². The molecule has 19 heavy (non-hydrogen) atoms. The number of benzene rings is 2. The number of carbonyl (C=O) groups excluding carboxylic acids is 2. The number of carbonyl (C=O) groups is 2. The molecule has 2 heteroatoms. The molecule has 0 bridgehead atoms. The van der Waals surface area contributed by atoms with Gasteiger partial charge in [0.15, 0.2) is 5.78 Å². The summed E-state index contributed by atoms with van der Waals surface area (Å²) in [5, 5.41) is 0. The summed E-state index contributed by atoms with van der Waals surface area (Å²) >= 11 is 0. The molecule has 94 valence electrons. The second-order valence-corrected chi connectivity index (χ2v) is 4.90. The molecule has 0 fully saturated rings. The molecule has 0 aliphatic heterocycles. The number of fused-ring (bicyclic) bond motifs is 1. The molecule has 0 spiro atoms. The lowest BCUT2D eigenvalue weighted by Gasteiger charge is -2.23. The standard InChI is InChI=1S/C17H14O2/c18-14-10-13-8-4-5-9-15(13)16(11-14)17(19)12-6-2-1-3-7-12/h1-9,16H,10-11H2. The quantitative estimate of drug-likeness (QED) is 0.767. The van der Waals surface area contributed by atoms with Crippen LogP contribution in [0.3, 0.4) is 0 Å². The van der Waals surface area contributed by atoms with E-state index in [1.807, 2.05) is 54.6 Å². The average Bonchev–Trinajstić information content (AvgIpc) is 2.46. The fraction of sp³-hybridized carbons (Fsp3) is 0.176. The van der Waals surface area contributed by atoms with E-state index in [0.717, 1.165) is 11.1 Å². The molecule has 0 radical (unpaired) electrons. The van der Waals surface area contributed by atoms with Gasteiger partial charge in [-0.2, -0.15) is 0 Å². The van der Waals surface area contributed by atoms with Crippen molar-refractivity contribution in [3.8, 4) is 0 Å². The van der Waals surface area contributed by atoms with Crippen LogP contribution in [0.2, 0.25) is 0 Å². The highest BCUT2D eigenvalue weighted by molar-refractivity contribution is 6.04. The summed E-state index contributed by atoms with van der Waals surface area (Å²) in [6.07, 6.45) is 0.777. The number of hydrogen-bond acceptors (Lipinski definition) is 2. The van der Waals surface area contributed by atoms with Gasteiger partial charge < -0.3 is 0 Å². The van der Waals surface area contributed by atoms with Crippen LogP contribution in [0.5, 0.6) is 0 Å². The highest BCUT2D eigenvalue weighted by atomic mass is 16.1. The lowest BCUT2D eigenvalue weighted by molar-refractivity contribution is -0.119. The normalized spacial score (nSPS) is 17.9. The van der Waals surface area contributed by atoms with Gasteiger partial charge in [0.2, 0.25) is 0 Å². The molecule has 0 N–H and O–H groups in total. The fourth-order valence-corrected chi connectivity index (χ4v) is 2.69. The Balaban J connectivity index is 2.02. The van der Waals surface area contributed by atoms with Crippen LogP contribution >= 0.6 is 0 Å². The van der Waals surface area contributed by atoms with Crippen molar-refractivity contribution in [3.05, 3.63) is 71.3 Å². The van der Waals surface area contributed by atoms with Gasteiger partial charge in [-0.05, 0) is 11.1 Å². The zero-order chi connectivity index (χ0) is 13.2. The van der Waals surface area contributed by atoms with E-state index >= 15 is 0 Å². The van der Waals surface area contributed by atoms with Gasteiger partial charge in [-0.3, -0.25) is 9.59 Å². The molecule has 0 saturated carbocycles. The first-order valence-corrected chi connectivity index (χ1v) is 6.44. The summed E-state index contributed by atoms with van der Waals surface area (Å²) in [4.78, 5) is 24.4. The Morgan fingerprint density at radius 2 is 1.63 bits per heavy atom. The van der Waals surface area contributed by atoms with Crippen molar-refractivity contribution in [2.75, 3.05) is 0 Å². The minimum absolute atomic E-state index is 0.0427. The Morgan fingerprint density at radius 3 is 2.42 bits per heavy atom. The summed E-state index contributed by atoms with van der Waals surface area (Å²) < 4.78 is 0. The molecule has 1 unspecified atom stereocenters. The maximum Gasteiger partial charge on any atom is 0.170 e. The lowest BCUT2D eigenvalue weighted by atomic mass is 9.78. The van der Waals surface area contributed by atoms with Crippen LogP contribution in [-0.4, -0.2) is 11.6 Å². The van der Waals surface area contributed by atoms with Crippen molar-refractivity contribution < 1.29 is 9.59 Å².